The highest BCUT2D eigenvalue weighted by molar-refractivity contribution is 5.93. The van der Waals surface area contributed by atoms with E-state index < -0.39 is 0 Å². The van der Waals surface area contributed by atoms with Gasteiger partial charge >= 0.3 is 0 Å². The first-order chi connectivity index (χ1) is 9.72. The maximum atomic E-state index is 12.0. The van der Waals surface area contributed by atoms with E-state index in [0.29, 0.717) is 23.7 Å². The first-order valence-electron chi connectivity index (χ1n) is 6.85. The summed E-state index contributed by atoms with van der Waals surface area (Å²) in [6.45, 7) is 2.29. The molecule has 1 aliphatic heterocycles. The van der Waals surface area contributed by atoms with Crippen molar-refractivity contribution in [2.24, 2.45) is 5.92 Å². The Hall–Kier alpha value is -1.90. The van der Waals surface area contributed by atoms with Crippen LogP contribution in [0, 0.1) is 17.2 Å². The van der Waals surface area contributed by atoms with Gasteiger partial charge in [0.05, 0.1) is 17.8 Å². The molecule has 0 radical (unpaired) electrons. The number of nitrogens with zero attached hydrogens (tertiary/aromatic N) is 2. The van der Waals surface area contributed by atoms with Gasteiger partial charge in [-0.25, -0.2) is 0 Å². The van der Waals surface area contributed by atoms with Crippen LogP contribution in [0.5, 0.6) is 0 Å². The molecular formula is C15H19N3O2. The van der Waals surface area contributed by atoms with Crippen molar-refractivity contribution in [1.82, 2.24) is 4.90 Å². The van der Waals surface area contributed by atoms with Crippen molar-refractivity contribution >= 4 is 11.6 Å². The van der Waals surface area contributed by atoms with Crippen LogP contribution in [0.2, 0.25) is 0 Å². The number of hydrogen-bond acceptors (Lipinski definition) is 4. The lowest BCUT2D eigenvalue weighted by atomic mass is 10.1. The number of anilines is 1. The largest absolute Gasteiger partial charge is 0.396 e. The molecule has 1 aliphatic rings. The zero-order chi connectivity index (χ0) is 14.4. The van der Waals surface area contributed by atoms with E-state index in [2.05, 4.69) is 16.3 Å². The van der Waals surface area contributed by atoms with Crippen molar-refractivity contribution in [1.29, 1.82) is 5.26 Å². The molecule has 0 aliphatic carbocycles. The molecule has 20 heavy (non-hydrogen) atoms. The number of amides is 1. The summed E-state index contributed by atoms with van der Waals surface area (Å²) in [5, 5.41) is 20.7. The first-order valence-corrected chi connectivity index (χ1v) is 6.85. The second kappa shape index (κ2) is 7.04. The van der Waals surface area contributed by atoms with Gasteiger partial charge in [-0.05, 0) is 37.4 Å². The third-order valence-electron chi connectivity index (χ3n) is 3.60. The van der Waals surface area contributed by atoms with Crippen LogP contribution in [0.1, 0.15) is 18.4 Å². The van der Waals surface area contributed by atoms with E-state index in [0.717, 1.165) is 25.9 Å². The predicted molar refractivity (Wildman–Crippen MR) is 76.0 cm³/mol. The van der Waals surface area contributed by atoms with Gasteiger partial charge in [0.15, 0.2) is 0 Å². The Labute approximate surface area is 118 Å². The number of aliphatic hydroxyl groups is 1. The lowest BCUT2D eigenvalue weighted by Gasteiger charge is -2.15. The lowest BCUT2D eigenvalue weighted by molar-refractivity contribution is -0.117. The molecule has 2 N–H and O–H groups in total. The standard InChI is InChI=1S/C15H19N3O2/c16-9-13-3-1-2-4-14(13)17-15(20)11-18-7-5-12(10-18)6-8-19/h1-4,12,19H,5-8,10-11H2,(H,17,20). The van der Waals surface area contributed by atoms with Crippen LogP contribution in [0.15, 0.2) is 24.3 Å². The van der Waals surface area contributed by atoms with Crippen molar-refractivity contribution in [2.45, 2.75) is 12.8 Å². The number of benzene rings is 1. The second-order valence-electron chi connectivity index (χ2n) is 5.11. The molecule has 5 heteroatoms. The van der Waals surface area contributed by atoms with E-state index in [1.165, 1.54) is 0 Å². The van der Waals surface area contributed by atoms with Gasteiger partial charge in [-0.2, -0.15) is 5.26 Å². The molecule has 0 bridgehead atoms. The molecule has 1 aromatic carbocycles. The van der Waals surface area contributed by atoms with Crippen LogP contribution in [0.3, 0.4) is 0 Å². The van der Waals surface area contributed by atoms with E-state index in [-0.39, 0.29) is 12.5 Å². The molecule has 2 rings (SSSR count). The Morgan fingerprint density at radius 3 is 3.05 bits per heavy atom. The molecule has 0 aromatic heterocycles. The summed E-state index contributed by atoms with van der Waals surface area (Å²) in [5.41, 5.74) is 1.03. The number of aliphatic hydroxyl groups excluding tert-OH is 1. The minimum absolute atomic E-state index is 0.0997. The normalized spacial score (nSPS) is 18.7. The first kappa shape index (κ1) is 14.5. The molecule has 5 nitrogen and oxygen atoms in total. The quantitative estimate of drug-likeness (QED) is 0.845. The number of hydrogen-bond donors (Lipinski definition) is 2. The zero-order valence-electron chi connectivity index (χ0n) is 11.4. The Kier molecular flexibility index (Phi) is 5.10. The maximum absolute atomic E-state index is 12.0. The van der Waals surface area contributed by atoms with E-state index in [1.54, 1.807) is 24.3 Å². The SMILES string of the molecule is N#Cc1ccccc1NC(=O)CN1CCC(CCO)C1. The molecule has 0 saturated carbocycles. The van der Waals surface area contributed by atoms with Crippen molar-refractivity contribution < 1.29 is 9.90 Å². The predicted octanol–water partition coefficient (Wildman–Crippen LogP) is 1.20. The van der Waals surface area contributed by atoms with Crippen LogP contribution in [0.4, 0.5) is 5.69 Å². The summed E-state index contributed by atoms with van der Waals surface area (Å²) in [4.78, 5) is 14.1. The maximum Gasteiger partial charge on any atom is 0.238 e. The highest BCUT2D eigenvalue weighted by Crippen LogP contribution is 2.19. The number of nitriles is 1. The van der Waals surface area contributed by atoms with Crippen LogP contribution in [-0.2, 0) is 4.79 Å². The third-order valence-corrected chi connectivity index (χ3v) is 3.60. The summed E-state index contributed by atoms with van der Waals surface area (Å²) in [6, 6.07) is 9.04. The monoisotopic (exact) mass is 273 g/mol. The number of para-hydroxylation sites is 1. The summed E-state index contributed by atoms with van der Waals surface area (Å²) in [7, 11) is 0. The molecular weight excluding hydrogens is 254 g/mol. The molecule has 1 aromatic rings. The van der Waals surface area contributed by atoms with Crippen molar-refractivity contribution in [2.75, 3.05) is 31.6 Å². The molecule has 1 fully saturated rings. The third kappa shape index (κ3) is 3.80. The Bertz CT molecular complexity index is 510. The van der Waals surface area contributed by atoms with Crippen LogP contribution >= 0.6 is 0 Å². The van der Waals surface area contributed by atoms with Crippen LogP contribution < -0.4 is 5.32 Å². The summed E-state index contributed by atoms with van der Waals surface area (Å²) < 4.78 is 0. The smallest absolute Gasteiger partial charge is 0.238 e. The number of nitrogens with one attached hydrogen (secondary N) is 1. The Morgan fingerprint density at radius 1 is 1.50 bits per heavy atom. The number of rotatable bonds is 5. The van der Waals surface area contributed by atoms with Gasteiger partial charge in [-0.3, -0.25) is 9.69 Å². The van der Waals surface area contributed by atoms with Gasteiger partial charge in [-0.1, -0.05) is 12.1 Å². The molecule has 1 amide bonds. The van der Waals surface area contributed by atoms with Crippen molar-refractivity contribution in [3.63, 3.8) is 0 Å². The Balaban J connectivity index is 1.86. The van der Waals surface area contributed by atoms with Gasteiger partial charge in [0.1, 0.15) is 6.07 Å². The van der Waals surface area contributed by atoms with Crippen molar-refractivity contribution in [3.05, 3.63) is 29.8 Å². The molecule has 0 spiro atoms. The van der Waals surface area contributed by atoms with Gasteiger partial charge in [0.25, 0.3) is 0 Å². The molecule has 1 saturated heterocycles. The van der Waals surface area contributed by atoms with Gasteiger partial charge in [-0.15, -0.1) is 0 Å². The number of carbonyl (C=O) groups excluding carboxylic acids is 1. The van der Waals surface area contributed by atoms with Gasteiger partial charge < -0.3 is 10.4 Å². The summed E-state index contributed by atoms with van der Waals surface area (Å²) >= 11 is 0. The van der Waals surface area contributed by atoms with Crippen LogP contribution in [0.25, 0.3) is 0 Å². The zero-order valence-corrected chi connectivity index (χ0v) is 11.4. The van der Waals surface area contributed by atoms with E-state index in [4.69, 9.17) is 10.4 Å². The number of likely N-dealkylation sites (tertiary alicyclic amines) is 1. The molecule has 1 atom stereocenters. The van der Waals surface area contributed by atoms with E-state index in [9.17, 15) is 4.79 Å². The minimum atomic E-state index is -0.0997. The van der Waals surface area contributed by atoms with E-state index >= 15 is 0 Å². The fourth-order valence-electron chi connectivity index (χ4n) is 2.56. The average Bonchev–Trinajstić information content (AvgIpc) is 2.87. The molecule has 106 valence electrons. The van der Waals surface area contributed by atoms with Crippen LogP contribution in [-0.4, -0.2) is 42.2 Å². The van der Waals surface area contributed by atoms with Gasteiger partial charge in [0, 0.05) is 13.2 Å². The summed E-state index contributed by atoms with van der Waals surface area (Å²) in [5.74, 6) is 0.386. The Morgan fingerprint density at radius 2 is 2.30 bits per heavy atom. The summed E-state index contributed by atoms with van der Waals surface area (Å²) in [6.07, 6.45) is 1.83. The second-order valence-corrected chi connectivity index (χ2v) is 5.11. The van der Waals surface area contributed by atoms with E-state index in [1.807, 2.05) is 0 Å². The highest BCUT2D eigenvalue weighted by Gasteiger charge is 2.23. The topological polar surface area (TPSA) is 76.4 Å². The molecule has 1 heterocycles. The fourth-order valence-corrected chi connectivity index (χ4v) is 2.56. The minimum Gasteiger partial charge on any atom is -0.396 e. The number of carbonyl (C=O) groups is 1. The van der Waals surface area contributed by atoms with Crippen molar-refractivity contribution in [3.8, 4) is 6.07 Å². The highest BCUT2D eigenvalue weighted by atomic mass is 16.3. The van der Waals surface area contributed by atoms with Gasteiger partial charge in [0.2, 0.25) is 5.91 Å². The lowest BCUT2D eigenvalue weighted by Crippen LogP contribution is -2.31. The fraction of sp³-hybridized carbons (Fsp3) is 0.467. The average molecular weight is 273 g/mol. The molecule has 1 unspecified atom stereocenters.